The number of aliphatic hydroxyl groups is 2. The van der Waals surface area contributed by atoms with E-state index in [1.807, 2.05) is 0 Å². The van der Waals surface area contributed by atoms with Crippen LogP contribution in [0.2, 0.25) is 0 Å². The molecule has 0 aliphatic rings. The van der Waals surface area contributed by atoms with Crippen LogP contribution in [-0.2, 0) is 14.3 Å². The molecule has 1 amide bonds. The van der Waals surface area contributed by atoms with Crippen molar-refractivity contribution in [1.82, 2.24) is 5.32 Å². The Bertz CT molecular complexity index is 955. The number of ether oxygens (including phenoxy) is 1. The molecule has 0 radical (unpaired) electrons. The monoisotopic (exact) mass is 904 g/mol. The number of carbonyl (C=O) groups excluding carboxylic acids is 2. The molecule has 0 aromatic heterocycles. The van der Waals surface area contributed by atoms with Gasteiger partial charge in [0.25, 0.3) is 0 Å². The molecule has 2 unspecified atom stereocenters. The first-order valence-electron chi connectivity index (χ1n) is 28.9. The predicted molar refractivity (Wildman–Crippen MR) is 278 cm³/mol. The van der Waals surface area contributed by atoms with Crippen LogP contribution in [0.1, 0.15) is 322 Å². The summed E-state index contributed by atoms with van der Waals surface area (Å²) < 4.78 is 5.47. The third-order valence-electron chi connectivity index (χ3n) is 13.6. The fourth-order valence-corrected chi connectivity index (χ4v) is 9.11. The molecule has 6 nitrogen and oxygen atoms in total. The van der Waals surface area contributed by atoms with Crippen molar-refractivity contribution in [3.05, 3.63) is 12.2 Å². The van der Waals surface area contributed by atoms with Crippen LogP contribution in [-0.4, -0.2) is 47.4 Å². The molecule has 0 aromatic carbocycles. The van der Waals surface area contributed by atoms with Gasteiger partial charge in [-0.25, -0.2) is 0 Å². The molecule has 0 aliphatic heterocycles. The lowest BCUT2D eigenvalue weighted by Gasteiger charge is -2.22. The number of amides is 1. The number of unbranched alkanes of at least 4 members (excludes halogenated alkanes) is 41. The van der Waals surface area contributed by atoms with Crippen LogP contribution in [0.3, 0.4) is 0 Å². The van der Waals surface area contributed by atoms with Crippen molar-refractivity contribution in [3.63, 3.8) is 0 Å². The fraction of sp³-hybridized carbons (Fsp3) is 0.931. The van der Waals surface area contributed by atoms with Gasteiger partial charge in [0.1, 0.15) is 0 Å². The van der Waals surface area contributed by atoms with Gasteiger partial charge in [-0.05, 0) is 51.4 Å². The average Bonchev–Trinajstić information content (AvgIpc) is 3.29. The molecular formula is C58H113NO5. The Hall–Kier alpha value is -1.40. The van der Waals surface area contributed by atoms with Crippen molar-refractivity contribution in [2.75, 3.05) is 13.2 Å². The Labute approximate surface area is 399 Å². The summed E-state index contributed by atoms with van der Waals surface area (Å²) in [5.74, 6) is -0.0382. The molecule has 2 atom stereocenters. The molecule has 0 rings (SSSR count). The van der Waals surface area contributed by atoms with E-state index in [1.165, 1.54) is 244 Å². The lowest BCUT2D eigenvalue weighted by atomic mass is 10.0. The highest BCUT2D eigenvalue weighted by Crippen LogP contribution is 2.18. The summed E-state index contributed by atoms with van der Waals surface area (Å²) in [6, 6.07) is -0.544. The first-order valence-corrected chi connectivity index (χ1v) is 28.9. The van der Waals surface area contributed by atoms with Crippen LogP contribution in [0.5, 0.6) is 0 Å². The minimum atomic E-state index is -0.666. The highest BCUT2D eigenvalue weighted by atomic mass is 16.5. The van der Waals surface area contributed by atoms with Crippen LogP contribution in [0.15, 0.2) is 12.2 Å². The Kier molecular flexibility index (Phi) is 53.0. The van der Waals surface area contributed by atoms with E-state index in [2.05, 4.69) is 31.3 Å². The van der Waals surface area contributed by atoms with Crippen LogP contribution in [0, 0.1) is 0 Å². The van der Waals surface area contributed by atoms with Gasteiger partial charge in [-0.15, -0.1) is 0 Å². The SMILES string of the molecule is CCCCCC/C=C\CCCCCCCC(=O)OCCCCCCCCCCCCCCCCCCCCC(=O)NC(CO)C(O)CCCCCCCCCCCCCCCCCC. The van der Waals surface area contributed by atoms with Gasteiger partial charge in [-0.3, -0.25) is 9.59 Å². The van der Waals surface area contributed by atoms with Gasteiger partial charge in [0.15, 0.2) is 0 Å². The van der Waals surface area contributed by atoms with Crippen molar-refractivity contribution >= 4 is 11.9 Å². The molecule has 0 aromatic rings. The zero-order chi connectivity index (χ0) is 46.5. The normalized spacial score (nSPS) is 12.6. The Morgan fingerprint density at radius 2 is 0.734 bits per heavy atom. The Morgan fingerprint density at radius 1 is 0.422 bits per heavy atom. The predicted octanol–water partition coefficient (Wildman–Crippen LogP) is 17.7. The zero-order valence-corrected chi connectivity index (χ0v) is 43.3. The zero-order valence-electron chi connectivity index (χ0n) is 43.3. The maximum atomic E-state index is 12.5. The third kappa shape index (κ3) is 50.0. The van der Waals surface area contributed by atoms with E-state index in [1.54, 1.807) is 0 Å². The molecule has 0 spiro atoms. The smallest absolute Gasteiger partial charge is 0.305 e. The number of rotatable bonds is 54. The summed E-state index contributed by atoms with van der Waals surface area (Å²) in [6.07, 6.45) is 63.4. The second-order valence-corrected chi connectivity index (χ2v) is 20.0. The average molecular weight is 905 g/mol. The van der Waals surface area contributed by atoms with E-state index < -0.39 is 12.1 Å². The van der Waals surface area contributed by atoms with Crippen molar-refractivity contribution in [1.29, 1.82) is 0 Å². The Balaban J connectivity index is 3.41. The van der Waals surface area contributed by atoms with Crippen molar-refractivity contribution in [3.8, 4) is 0 Å². The highest BCUT2D eigenvalue weighted by Gasteiger charge is 2.20. The quantitative estimate of drug-likeness (QED) is 0.0321. The second-order valence-electron chi connectivity index (χ2n) is 20.0. The molecule has 6 heteroatoms. The third-order valence-corrected chi connectivity index (χ3v) is 13.6. The van der Waals surface area contributed by atoms with Crippen molar-refractivity contribution in [2.24, 2.45) is 0 Å². The number of allylic oxidation sites excluding steroid dienone is 2. The Morgan fingerprint density at radius 3 is 1.12 bits per heavy atom. The van der Waals surface area contributed by atoms with E-state index in [-0.39, 0.29) is 18.5 Å². The summed E-state index contributed by atoms with van der Waals surface area (Å²) in [5, 5.41) is 23.3. The van der Waals surface area contributed by atoms with Crippen LogP contribution in [0.4, 0.5) is 0 Å². The molecule has 0 aliphatic carbocycles. The molecule has 0 heterocycles. The minimum Gasteiger partial charge on any atom is -0.466 e. The molecule has 64 heavy (non-hydrogen) atoms. The van der Waals surface area contributed by atoms with E-state index in [4.69, 9.17) is 4.74 Å². The number of esters is 1. The molecule has 0 saturated carbocycles. The molecular weight excluding hydrogens is 791 g/mol. The molecule has 380 valence electrons. The lowest BCUT2D eigenvalue weighted by molar-refractivity contribution is -0.143. The minimum absolute atomic E-state index is 0.00136. The topological polar surface area (TPSA) is 95.9 Å². The maximum Gasteiger partial charge on any atom is 0.305 e. The molecule has 0 fully saturated rings. The summed E-state index contributed by atoms with van der Waals surface area (Å²) in [7, 11) is 0. The summed E-state index contributed by atoms with van der Waals surface area (Å²) in [4.78, 5) is 24.5. The number of hydrogen-bond acceptors (Lipinski definition) is 5. The lowest BCUT2D eigenvalue weighted by Crippen LogP contribution is -2.45. The van der Waals surface area contributed by atoms with Gasteiger partial charge in [0, 0.05) is 12.8 Å². The van der Waals surface area contributed by atoms with Crippen LogP contribution < -0.4 is 5.32 Å². The summed E-state index contributed by atoms with van der Waals surface area (Å²) >= 11 is 0. The number of aliphatic hydroxyl groups excluding tert-OH is 2. The first-order chi connectivity index (χ1) is 31.5. The van der Waals surface area contributed by atoms with Crippen molar-refractivity contribution in [2.45, 2.75) is 334 Å². The van der Waals surface area contributed by atoms with Crippen molar-refractivity contribution < 1.29 is 24.5 Å². The molecule has 3 N–H and O–H groups in total. The van der Waals surface area contributed by atoms with Crippen LogP contribution >= 0.6 is 0 Å². The van der Waals surface area contributed by atoms with E-state index in [0.717, 1.165) is 44.9 Å². The molecule has 0 saturated heterocycles. The van der Waals surface area contributed by atoms with Gasteiger partial charge < -0.3 is 20.3 Å². The number of carbonyl (C=O) groups is 2. The van der Waals surface area contributed by atoms with Gasteiger partial charge in [0.2, 0.25) is 5.91 Å². The first kappa shape index (κ1) is 62.6. The van der Waals surface area contributed by atoms with Crippen LogP contribution in [0.25, 0.3) is 0 Å². The largest absolute Gasteiger partial charge is 0.466 e. The maximum absolute atomic E-state index is 12.5. The van der Waals surface area contributed by atoms with E-state index in [0.29, 0.717) is 25.9 Å². The summed E-state index contributed by atoms with van der Waals surface area (Å²) in [6.45, 7) is 4.94. The molecule has 0 bridgehead atoms. The van der Waals surface area contributed by atoms with Gasteiger partial charge in [-0.1, -0.05) is 270 Å². The number of nitrogens with one attached hydrogen (secondary N) is 1. The second kappa shape index (κ2) is 54.2. The fourth-order valence-electron chi connectivity index (χ4n) is 9.11. The standard InChI is InChI=1S/C58H113NO5/c1-3-5-7-9-11-13-15-17-18-23-27-30-34-38-42-46-50-56(61)55(54-60)59-57(62)51-47-43-39-35-31-28-24-21-19-20-22-25-29-33-37-41-45-49-53-64-58(63)52-48-44-40-36-32-26-16-14-12-10-8-6-4-2/h14,16,55-56,60-61H,3-13,15,17-54H2,1-2H3,(H,59,62)/b16-14-. The highest BCUT2D eigenvalue weighted by molar-refractivity contribution is 5.76. The van der Waals surface area contributed by atoms with E-state index >= 15 is 0 Å². The van der Waals surface area contributed by atoms with E-state index in [9.17, 15) is 19.8 Å². The van der Waals surface area contributed by atoms with Gasteiger partial charge in [0.05, 0.1) is 25.4 Å². The number of hydrogen-bond donors (Lipinski definition) is 3. The van der Waals surface area contributed by atoms with Gasteiger partial charge in [-0.2, -0.15) is 0 Å². The van der Waals surface area contributed by atoms with Gasteiger partial charge >= 0.3 is 5.97 Å². The summed E-state index contributed by atoms with van der Waals surface area (Å²) in [5.41, 5.74) is 0.